The summed E-state index contributed by atoms with van der Waals surface area (Å²) in [5.41, 5.74) is 11.0. The number of allylic oxidation sites excluding steroid dienone is 1. The zero-order valence-corrected chi connectivity index (χ0v) is 16.2. The van der Waals surface area contributed by atoms with E-state index in [2.05, 4.69) is 24.1 Å². The number of hydrogen-bond donors (Lipinski definition) is 1. The van der Waals surface area contributed by atoms with E-state index in [4.69, 9.17) is 10.7 Å². The Kier molecular flexibility index (Phi) is 5.75. The predicted octanol–water partition coefficient (Wildman–Crippen LogP) is 5.03. The van der Waals surface area contributed by atoms with Gasteiger partial charge >= 0.3 is 0 Å². The Morgan fingerprint density at radius 1 is 1.22 bits per heavy atom. The number of hydrogen-bond acceptors (Lipinski definition) is 2. The smallest absolute Gasteiger partial charge is 0.251 e. The molecular weight excluding hydrogens is 334 g/mol. The number of carbonyl (C=O) groups is 1. The third-order valence-electron chi connectivity index (χ3n) is 5.06. The molecule has 2 heterocycles. The molecule has 0 aliphatic heterocycles. The summed E-state index contributed by atoms with van der Waals surface area (Å²) in [4.78, 5) is 17.2. The van der Waals surface area contributed by atoms with Gasteiger partial charge in [0.05, 0.1) is 16.8 Å². The highest BCUT2D eigenvalue weighted by atomic mass is 16.1. The number of unbranched alkanes of at least 4 members (excludes halogenated alkanes) is 2. The molecule has 0 spiro atoms. The van der Waals surface area contributed by atoms with Crippen LogP contribution >= 0.6 is 0 Å². The van der Waals surface area contributed by atoms with Crippen LogP contribution in [-0.2, 0) is 13.0 Å². The number of pyridine rings is 1. The van der Waals surface area contributed by atoms with Crippen molar-refractivity contribution >= 4 is 16.8 Å². The fraction of sp³-hybridized carbons (Fsp3) is 0.304. The van der Waals surface area contributed by atoms with E-state index in [-0.39, 0.29) is 0 Å². The average Bonchev–Trinajstić information content (AvgIpc) is 2.94. The molecule has 1 aromatic carbocycles. The standard InChI is InChI=1S/C23H27N3O/c1-4-6-7-12-20-22(21(23(24)27)16(3)26(20)15-5-2)19-14-13-17-10-8-9-11-18(17)25-19/h5,8-11,13-14H,2,4,6-7,12,15H2,1,3H3,(H2,24,27). The first-order valence-electron chi connectivity index (χ1n) is 9.57. The minimum absolute atomic E-state index is 0.406. The minimum Gasteiger partial charge on any atom is -0.366 e. The summed E-state index contributed by atoms with van der Waals surface area (Å²) in [5, 5.41) is 1.08. The van der Waals surface area contributed by atoms with Crippen molar-refractivity contribution in [3.63, 3.8) is 0 Å². The zero-order valence-electron chi connectivity index (χ0n) is 16.2. The first-order valence-corrected chi connectivity index (χ1v) is 9.57. The Morgan fingerprint density at radius 2 is 2.00 bits per heavy atom. The van der Waals surface area contributed by atoms with Crippen LogP contribution in [-0.4, -0.2) is 15.5 Å². The van der Waals surface area contributed by atoms with E-state index in [1.807, 2.05) is 43.3 Å². The molecule has 4 nitrogen and oxygen atoms in total. The average molecular weight is 361 g/mol. The van der Waals surface area contributed by atoms with E-state index in [1.54, 1.807) is 0 Å². The van der Waals surface area contributed by atoms with Gasteiger partial charge in [0.15, 0.2) is 0 Å². The summed E-state index contributed by atoms with van der Waals surface area (Å²) >= 11 is 0. The van der Waals surface area contributed by atoms with Crippen LogP contribution < -0.4 is 5.73 Å². The van der Waals surface area contributed by atoms with Crippen molar-refractivity contribution in [2.75, 3.05) is 0 Å². The second kappa shape index (κ2) is 8.21. The lowest BCUT2D eigenvalue weighted by atomic mass is 10.0. The van der Waals surface area contributed by atoms with E-state index in [9.17, 15) is 4.79 Å². The van der Waals surface area contributed by atoms with E-state index in [0.29, 0.717) is 12.1 Å². The van der Waals surface area contributed by atoms with Crippen molar-refractivity contribution in [2.45, 2.75) is 46.1 Å². The summed E-state index contributed by atoms with van der Waals surface area (Å²) in [6.07, 6.45) is 6.11. The maximum atomic E-state index is 12.3. The van der Waals surface area contributed by atoms with Gasteiger partial charge in [-0.3, -0.25) is 4.79 Å². The summed E-state index contributed by atoms with van der Waals surface area (Å²) in [6, 6.07) is 12.1. The molecule has 4 heteroatoms. The fourth-order valence-electron chi connectivity index (χ4n) is 3.76. The molecule has 0 saturated carbocycles. The molecule has 2 N–H and O–H groups in total. The number of nitrogens with two attached hydrogens (primary N) is 1. The molecule has 2 aromatic heterocycles. The van der Waals surface area contributed by atoms with Crippen LogP contribution in [0.1, 0.15) is 47.9 Å². The Hall–Kier alpha value is -2.88. The monoisotopic (exact) mass is 361 g/mol. The van der Waals surface area contributed by atoms with Crippen molar-refractivity contribution in [3.05, 3.63) is 66.0 Å². The van der Waals surface area contributed by atoms with E-state index in [1.165, 1.54) is 0 Å². The lowest BCUT2D eigenvalue weighted by Crippen LogP contribution is -2.13. The van der Waals surface area contributed by atoms with Gasteiger partial charge in [0.2, 0.25) is 0 Å². The van der Waals surface area contributed by atoms with Crippen LogP contribution in [0.15, 0.2) is 49.1 Å². The van der Waals surface area contributed by atoms with Crippen LogP contribution in [0.25, 0.3) is 22.2 Å². The van der Waals surface area contributed by atoms with Crippen molar-refractivity contribution in [3.8, 4) is 11.3 Å². The number of amides is 1. The highest BCUT2D eigenvalue weighted by Crippen LogP contribution is 2.34. The van der Waals surface area contributed by atoms with Gasteiger partial charge in [0.1, 0.15) is 0 Å². The normalized spacial score (nSPS) is 11.0. The molecule has 140 valence electrons. The molecule has 0 saturated heterocycles. The van der Waals surface area contributed by atoms with Gasteiger partial charge in [-0.05, 0) is 31.9 Å². The molecule has 0 bridgehead atoms. The molecule has 0 fully saturated rings. The summed E-state index contributed by atoms with van der Waals surface area (Å²) in [7, 11) is 0. The quantitative estimate of drug-likeness (QED) is 0.452. The zero-order chi connectivity index (χ0) is 19.4. The molecular formula is C23H27N3O. The van der Waals surface area contributed by atoms with Crippen molar-refractivity contribution in [1.29, 1.82) is 0 Å². The Labute approximate surface area is 160 Å². The SMILES string of the molecule is C=CCn1c(C)c(C(N)=O)c(-c2ccc3ccccc3n2)c1CCCCC. The molecule has 27 heavy (non-hydrogen) atoms. The van der Waals surface area contributed by atoms with Gasteiger partial charge in [-0.25, -0.2) is 4.98 Å². The number of rotatable bonds is 8. The number of primary amides is 1. The summed E-state index contributed by atoms with van der Waals surface area (Å²) in [6.45, 7) is 8.68. The summed E-state index contributed by atoms with van der Waals surface area (Å²) in [5.74, 6) is -0.406. The molecule has 0 unspecified atom stereocenters. The van der Waals surface area contributed by atoms with Gasteiger partial charge in [-0.15, -0.1) is 6.58 Å². The molecule has 0 atom stereocenters. The number of fused-ring (bicyclic) bond motifs is 1. The number of para-hydroxylation sites is 1. The molecule has 0 aliphatic rings. The lowest BCUT2D eigenvalue weighted by Gasteiger charge is -2.11. The Morgan fingerprint density at radius 3 is 2.70 bits per heavy atom. The molecule has 3 aromatic rings. The third-order valence-corrected chi connectivity index (χ3v) is 5.06. The van der Waals surface area contributed by atoms with Crippen LogP contribution in [0.4, 0.5) is 0 Å². The third kappa shape index (κ3) is 3.65. The van der Waals surface area contributed by atoms with Crippen molar-refractivity contribution in [2.24, 2.45) is 5.73 Å². The first-order chi connectivity index (χ1) is 13.1. The lowest BCUT2D eigenvalue weighted by molar-refractivity contribution is 0.1000. The fourth-order valence-corrected chi connectivity index (χ4v) is 3.76. The second-order valence-corrected chi connectivity index (χ2v) is 6.89. The van der Waals surface area contributed by atoms with Crippen molar-refractivity contribution in [1.82, 2.24) is 9.55 Å². The van der Waals surface area contributed by atoms with Gasteiger partial charge < -0.3 is 10.3 Å². The Bertz CT molecular complexity index is 985. The predicted molar refractivity (Wildman–Crippen MR) is 112 cm³/mol. The molecule has 3 rings (SSSR count). The first kappa shape index (κ1) is 18.9. The topological polar surface area (TPSA) is 60.9 Å². The Balaban J connectivity index is 2.24. The van der Waals surface area contributed by atoms with Crippen LogP contribution in [0.3, 0.4) is 0 Å². The number of carbonyl (C=O) groups excluding carboxylic acids is 1. The van der Waals surface area contributed by atoms with E-state index >= 15 is 0 Å². The molecule has 1 amide bonds. The molecule has 0 aliphatic carbocycles. The maximum absolute atomic E-state index is 12.3. The van der Waals surface area contributed by atoms with Gasteiger partial charge in [0.25, 0.3) is 5.91 Å². The van der Waals surface area contributed by atoms with Crippen LogP contribution in [0, 0.1) is 6.92 Å². The minimum atomic E-state index is -0.406. The summed E-state index contributed by atoms with van der Waals surface area (Å²) < 4.78 is 2.16. The maximum Gasteiger partial charge on any atom is 0.251 e. The van der Waals surface area contributed by atoms with Crippen LogP contribution in [0.2, 0.25) is 0 Å². The number of aromatic nitrogens is 2. The molecule has 0 radical (unpaired) electrons. The second-order valence-electron chi connectivity index (χ2n) is 6.89. The van der Waals surface area contributed by atoms with E-state index < -0.39 is 5.91 Å². The van der Waals surface area contributed by atoms with E-state index in [0.717, 1.165) is 59.2 Å². The van der Waals surface area contributed by atoms with Crippen molar-refractivity contribution < 1.29 is 4.79 Å². The van der Waals surface area contributed by atoms with Gasteiger partial charge in [-0.2, -0.15) is 0 Å². The number of nitrogens with zero attached hydrogens (tertiary/aromatic N) is 2. The highest BCUT2D eigenvalue weighted by molar-refractivity contribution is 6.02. The number of benzene rings is 1. The van der Waals surface area contributed by atoms with Gasteiger partial charge in [0, 0.05) is 28.9 Å². The van der Waals surface area contributed by atoms with Crippen LogP contribution in [0.5, 0.6) is 0 Å². The largest absolute Gasteiger partial charge is 0.366 e. The van der Waals surface area contributed by atoms with Gasteiger partial charge in [-0.1, -0.05) is 50.1 Å². The highest BCUT2D eigenvalue weighted by Gasteiger charge is 2.25.